The molecule has 0 fully saturated rings. The van der Waals surface area contributed by atoms with E-state index < -0.39 is 6.10 Å². The maximum absolute atomic E-state index is 12.8. The summed E-state index contributed by atoms with van der Waals surface area (Å²) in [4.78, 5) is 14.7. The Balaban J connectivity index is 1.73. The lowest BCUT2D eigenvalue weighted by Crippen LogP contribution is -2.46. The van der Waals surface area contributed by atoms with Gasteiger partial charge in [0.25, 0.3) is 5.91 Å². The van der Waals surface area contributed by atoms with Gasteiger partial charge in [-0.05, 0) is 60.1 Å². The first kappa shape index (κ1) is 16.4. The molecule has 0 N–H and O–H groups in total. The van der Waals surface area contributed by atoms with Crippen LogP contribution >= 0.6 is 27.5 Å². The van der Waals surface area contributed by atoms with E-state index in [1.54, 1.807) is 25.1 Å². The third kappa shape index (κ3) is 3.26. The Hall–Kier alpha value is -1.46. The Morgan fingerprint density at radius 3 is 2.91 bits per heavy atom. The van der Waals surface area contributed by atoms with Crippen LogP contribution in [0.25, 0.3) is 0 Å². The van der Waals surface area contributed by atoms with Gasteiger partial charge >= 0.3 is 0 Å². The van der Waals surface area contributed by atoms with Crippen molar-refractivity contribution in [2.75, 3.05) is 6.54 Å². The van der Waals surface area contributed by atoms with Crippen molar-refractivity contribution in [2.45, 2.75) is 32.5 Å². The topological polar surface area (TPSA) is 34.5 Å². The predicted octanol–water partition coefficient (Wildman–Crippen LogP) is 4.27. The van der Waals surface area contributed by atoms with E-state index in [2.05, 4.69) is 32.8 Å². The highest BCUT2D eigenvalue weighted by molar-refractivity contribution is 9.10. The molecule has 2 heterocycles. The van der Waals surface area contributed by atoms with Crippen molar-refractivity contribution in [2.24, 2.45) is 0 Å². The number of amides is 1. The normalized spacial score (nSPS) is 18.4. The molecule has 0 saturated heterocycles. The molecule has 0 radical (unpaired) electrons. The summed E-state index contributed by atoms with van der Waals surface area (Å²) in [5.41, 5.74) is 1.16. The molecule has 0 saturated carbocycles. The first-order chi connectivity index (χ1) is 11.0. The largest absolute Gasteiger partial charge is 0.480 e. The molecule has 2 aromatic rings. The molecule has 122 valence electrons. The molecule has 3 rings (SSSR count). The van der Waals surface area contributed by atoms with E-state index in [0.29, 0.717) is 17.3 Å². The van der Waals surface area contributed by atoms with Crippen LogP contribution < -0.4 is 4.74 Å². The summed E-state index contributed by atoms with van der Waals surface area (Å²) >= 11 is 9.34. The van der Waals surface area contributed by atoms with Gasteiger partial charge in [0.2, 0.25) is 0 Å². The predicted molar refractivity (Wildman–Crippen MR) is 93.8 cm³/mol. The lowest BCUT2D eigenvalue weighted by molar-refractivity contribution is -0.141. The maximum Gasteiger partial charge on any atom is 0.263 e. The molecule has 1 aliphatic rings. The SMILES string of the molecule is CC(Oc1ccc(Cl)cc1Br)C(=O)N1CCn2cccc2C1C. The minimum absolute atomic E-state index is 0.00759. The Bertz CT molecular complexity index is 731. The van der Waals surface area contributed by atoms with Gasteiger partial charge in [0, 0.05) is 30.0 Å². The van der Waals surface area contributed by atoms with Crippen LogP contribution in [0.15, 0.2) is 41.0 Å². The summed E-state index contributed by atoms with van der Waals surface area (Å²) in [6, 6.07) is 9.39. The van der Waals surface area contributed by atoms with Crippen molar-refractivity contribution in [1.82, 2.24) is 9.47 Å². The Kier molecular flexibility index (Phi) is 4.69. The summed E-state index contributed by atoms with van der Waals surface area (Å²) in [6.45, 7) is 5.34. The fourth-order valence-corrected chi connectivity index (χ4v) is 3.70. The van der Waals surface area contributed by atoms with Gasteiger partial charge in [-0.25, -0.2) is 0 Å². The van der Waals surface area contributed by atoms with Gasteiger partial charge in [0.05, 0.1) is 10.5 Å². The zero-order valence-corrected chi connectivity index (χ0v) is 15.3. The first-order valence-corrected chi connectivity index (χ1v) is 8.71. The van der Waals surface area contributed by atoms with Crippen LogP contribution in [0.2, 0.25) is 5.02 Å². The quantitative estimate of drug-likeness (QED) is 0.775. The van der Waals surface area contributed by atoms with Crippen molar-refractivity contribution < 1.29 is 9.53 Å². The summed E-state index contributed by atoms with van der Waals surface area (Å²) < 4.78 is 8.76. The molecular weight excluding hydrogens is 380 g/mol. The molecule has 23 heavy (non-hydrogen) atoms. The second-order valence-electron chi connectivity index (χ2n) is 5.67. The van der Waals surface area contributed by atoms with Gasteiger partial charge < -0.3 is 14.2 Å². The molecule has 2 atom stereocenters. The number of nitrogens with zero attached hydrogens (tertiary/aromatic N) is 2. The third-order valence-corrected chi connectivity index (χ3v) is 5.03. The molecule has 0 spiro atoms. The standard InChI is InChI=1S/C17H18BrClN2O2/c1-11-15-4-3-7-20(15)8-9-21(11)17(22)12(2)23-16-6-5-13(19)10-14(16)18/h3-7,10-12H,8-9H2,1-2H3. The van der Waals surface area contributed by atoms with Crippen molar-refractivity contribution >= 4 is 33.4 Å². The molecule has 4 nitrogen and oxygen atoms in total. The number of ether oxygens (including phenoxy) is 1. The van der Waals surface area contributed by atoms with E-state index in [1.807, 2.05) is 17.9 Å². The van der Waals surface area contributed by atoms with E-state index >= 15 is 0 Å². The van der Waals surface area contributed by atoms with E-state index in [-0.39, 0.29) is 11.9 Å². The highest BCUT2D eigenvalue weighted by Crippen LogP contribution is 2.30. The van der Waals surface area contributed by atoms with Crippen LogP contribution in [-0.4, -0.2) is 28.0 Å². The first-order valence-electron chi connectivity index (χ1n) is 7.54. The Labute approximate surface area is 149 Å². The van der Waals surface area contributed by atoms with Crippen molar-refractivity contribution in [3.05, 3.63) is 51.7 Å². The number of rotatable bonds is 3. The molecular formula is C17H18BrClN2O2. The average Bonchev–Trinajstić information content (AvgIpc) is 2.99. The van der Waals surface area contributed by atoms with Gasteiger partial charge in [-0.15, -0.1) is 0 Å². The number of hydrogen-bond donors (Lipinski definition) is 0. The summed E-state index contributed by atoms with van der Waals surface area (Å²) in [5.74, 6) is 0.607. The highest BCUT2D eigenvalue weighted by atomic mass is 79.9. The number of fused-ring (bicyclic) bond motifs is 1. The molecule has 2 unspecified atom stereocenters. The van der Waals surface area contributed by atoms with Gasteiger partial charge in [-0.2, -0.15) is 0 Å². The molecule has 1 aromatic carbocycles. The van der Waals surface area contributed by atoms with Crippen molar-refractivity contribution in [1.29, 1.82) is 0 Å². The number of carbonyl (C=O) groups is 1. The molecule has 1 amide bonds. The van der Waals surface area contributed by atoms with Gasteiger partial charge in [-0.1, -0.05) is 11.6 Å². The van der Waals surface area contributed by atoms with Crippen molar-refractivity contribution in [3.63, 3.8) is 0 Å². The Morgan fingerprint density at radius 2 is 2.17 bits per heavy atom. The van der Waals surface area contributed by atoms with Gasteiger partial charge in [-0.3, -0.25) is 4.79 Å². The summed E-state index contributed by atoms with van der Waals surface area (Å²) in [7, 11) is 0. The van der Waals surface area contributed by atoms with E-state index in [1.165, 1.54) is 0 Å². The van der Waals surface area contributed by atoms with E-state index in [0.717, 1.165) is 16.7 Å². The number of halogens is 2. The number of hydrogen-bond acceptors (Lipinski definition) is 2. The lowest BCUT2D eigenvalue weighted by Gasteiger charge is -2.36. The van der Waals surface area contributed by atoms with Crippen LogP contribution in [0, 0.1) is 0 Å². The van der Waals surface area contributed by atoms with Crippen LogP contribution in [-0.2, 0) is 11.3 Å². The van der Waals surface area contributed by atoms with Gasteiger partial charge in [0.15, 0.2) is 6.10 Å². The minimum atomic E-state index is -0.559. The zero-order valence-electron chi connectivity index (χ0n) is 13.0. The molecule has 1 aromatic heterocycles. The lowest BCUT2D eigenvalue weighted by atomic mass is 10.1. The number of aromatic nitrogens is 1. The second-order valence-corrected chi connectivity index (χ2v) is 6.96. The zero-order chi connectivity index (χ0) is 16.6. The third-order valence-electron chi connectivity index (χ3n) is 4.17. The molecule has 6 heteroatoms. The number of carbonyl (C=O) groups excluding carboxylic acids is 1. The number of benzene rings is 1. The maximum atomic E-state index is 12.8. The fraction of sp³-hybridized carbons (Fsp3) is 0.353. The van der Waals surface area contributed by atoms with Crippen molar-refractivity contribution in [3.8, 4) is 5.75 Å². The van der Waals surface area contributed by atoms with E-state index in [9.17, 15) is 4.79 Å². The smallest absolute Gasteiger partial charge is 0.263 e. The average molecular weight is 398 g/mol. The van der Waals surface area contributed by atoms with E-state index in [4.69, 9.17) is 16.3 Å². The summed E-state index contributed by atoms with van der Waals surface area (Å²) in [5, 5.41) is 0.619. The van der Waals surface area contributed by atoms with Crippen LogP contribution in [0.4, 0.5) is 0 Å². The van der Waals surface area contributed by atoms with Crippen LogP contribution in [0.1, 0.15) is 25.6 Å². The van der Waals surface area contributed by atoms with Crippen LogP contribution in [0.5, 0.6) is 5.75 Å². The van der Waals surface area contributed by atoms with Crippen LogP contribution in [0.3, 0.4) is 0 Å². The fourth-order valence-electron chi connectivity index (χ4n) is 2.93. The summed E-state index contributed by atoms with van der Waals surface area (Å²) in [6.07, 6.45) is 1.50. The minimum Gasteiger partial charge on any atom is -0.480 e. The molecule has 1 aliphatic heterocycles. The highest BCUT2D eigenvalue weighted by Gasteiger charge is 2.31. The Morgan fingerprint density at radius 1 is 1.39 bits per heavy atom. The molecule has 0 aliphatic carbocycles. The monoisotopic (exact) mass is 396 g/mol. The molecule has 0 bridgehead atoms. The second kappa shape index (κ2) is 6.57. The van der Waals surface area contributed by atoms with Gasteiger partial charge in [0.1, 0.15) is 5.75 Å².